The summed E-state index contributed by atoms with van der Waals surface area (Å²) in [7, 11) is 0. The van der Waals surface area contributed by atoms with E-state index >= 15 is 0 Å². The van der Waals surface area contributed by atoms with Gasteiger partial charge in [-0.1, -0.05) is 24.3 Å². The Hall–Kier alpha value is -2.13. The molecular weight excluding hydrogens is 242 g/mol. The highest BCUT2D eigenvalue weighted by Crippen LogP contribution is 2.30. The van der Waals surface area contributed by atoms with Crippen LogP contribution in [0.2, 0.25) is 0 Å². The van der Waals surface area contributed by atoms with E-state index in [-0.39, 0.29) is 0 Å². The van der Waals surface area contributed by atoms with Crippen LogP contribution < -0.4 is 0 Å². The molecule has 0 bridgehead atoms. The van der Waals surface area contributed by atoms with Crippen LogP contribution in [0.4, 0.5) is 0 Å². The monoisotopic (exact) mass is 253 g/mol. The number of benzene rings is 1. The van der Waals surface area contributed by atoms with Crippen molar-refractivity contribution < 1.29 is 4.79 Å². The van der Waals surface area contributed by atoms with Crippen molar-refractivity contribution in [3.8, 4) is 16.3 Å². The highest BCUT2D eigenvalue weighted by Gasteiger charge is 2.12. The molecule has 3 rings (SSSR count). The molecule has 0 fully saturated rings. The van der Waals surface area contributed by atoms with Gasteiger partial charge in [0.25, 0.3) is 0 Å². The second kappa shape index (κ2) is 4.63. The molecule has 0 amide bonds. The molecule has 0 spiro atoms. The van der Waals surface area contributed by atoms with Gasteiger partial charge >= 0.3 is 0 Å². The van der Waals surface area contributed by atoms with E-state index in [9.17, 15) is 4.79 Å². The lowest BCUT2D eigenvalue weighted by Gasteiger charge is -2.08. The van der Waals surface area contributed by atoms with E-state index < -0.39 is 0 Å². The molecule has 0 radical (unpaired) electrons. The molecule has 88 valence electrons. The Morgan fingerprint density at radius 1 is 1.00 bits per heavy atom. The van der Waals surface area contributed by atoms with Crippen LogP contribution >= 0.6 is 11.3 Å². The second-order valence-corrected chi connectivity index (χ2v) is 4.87. The molecule has 0 unspecified atom stereocenters. The summed E-state index contributed by atoms with van der Waals surface area (Å²) < 4.78 is 2.05. The molecule has 1 aromatic carbocycles. The summed E-state index contributed by atoms with van der Waals surface area (Å²) in [6, 6.07) is 15.9. The first-order chi connectivity index (χ1) is 8.90. The summed E-state index contributed by atoms with van der Waals surface area (Å²) in [6.07, 6.45) is 2.85. The van der Waals surface area contributed by atoms with Crippen molar-refractivity contribution >= 4 is 17.6 Å². The molecule has 0 aliphatic rings. The first kappa shape index (κ1) is 11.0. The maximum Gasteiger partial charge on any atom is 0.152 e. The van der Waals surface area contributed by atoms with Crippen molar-refractivity contribution in [3.05, 3.63) is 65.7 Å². The van der Waals surface area contributed by atoms with Gasteiger partial charge in [0.05, 0.1) is 10.6 Å². The summed E-state index contributed by atoms with van der Waals surface area (Å²) in [6.45, 7) is 0. The number of thiophene rings is 1. The van der Waals surface area contributed by atoms with Crippen LogP contribution in [0.1, 0.15) is 10.4 Å². The number of carbonyl (C=O) groups excluding carboxylic acids is 1. The molecule has 2 nitrogen and oxygen atoms in total. The van der Waals surface area contributed by atoms with Crippen molar-refractivity contribution in [1.82, 2.24) is 4.57 Å². The van der Waals surface area contributed by atoms with Gasteiger partial charge in [0.15, 0.2) is 6.29 Å². The lowest BCUT2D eigenvalue weighted by atomic mass is 10.2. The van der Waals surface area contributed by atoms with E-state index in [1.54, 1.807) is 11.3 Å². The zero-order valence-corrected chi connectivity index (χ0v) is 10.4. The standard InChI is InChI=1S/C15H11NOS/c17-11-12-8-9-16(13-5-2-1-3-6-13)15(12)14-7-4-10-18-14/h1-11H. The normalized spacial score (nSPS) is 10.4. The predicted molar refractivity (Wildman–Crippen MR) is 74.5 cm³/mol. The zero-order chi connectivity index (χ0) is 12.4. The van der Waals surface area contributed by atoms with Crippen LogP contribution in [0.3, 0.4) is 0 Å². The lowest BCUT2D eigenvalue weighted by Crippen LogP contribution is -1.95. The fraction of sp³-hybridized carbons (Fsp3) is 0. The average molecular weight is 253 g/mol. The third-order valence-corrected chi connectivity index (χ3v) is 3.71. The van der Waals surface area contributed by atoms with Crippen LogP contribution in [-0.2, 0) is 0 Å². The summed E-state index contributed by atoms with van der Waals surface area (Å²) in [5.74, 6) is 0. The molecule has 2 aromatic heterocycles. The van der Waals surface area contributed by atoms with Gasteiger partial charge in [-0.15, -0.1) is 11.3 Å². The van der Waals surface area contributed by atoms with E-state index in [2.05, 4.69) is 4.57 Å². The molecule has 3 heteroatoms. The van der Waals surface area contributed by atoms with E-state index in [1.165, 1.54) is 0 Å². The molecule has 3 aromatic rings. The van der Waals surface area contributed by atoms with Gasteiger partial charge in [0.2, 0.25) is 0 Å². The van der Waals surface area contributed by atoms with Crippen molar-refractivity contribution in [2.75, 3.05) is 0 Å². The van der Waals surface area contributed by atoms with Crippen molar-refractivity contribution in [2.24, 2.45) is 0 Å². The number of nitrogens with zero attached hydrogens (tertiary/aromatic N) is 1. The van der Waals surface area contributed by atoms with Crippen molar-refractivity contribution in [2.45, 2.75) is 0 Å². The molecule has 0 atom stereocenters. The SMILES string of the molecule is O=Cc1ccn(-c2ccccc2)c1-c1cccs1. The van der Waals surface area contributed by atoms with Gasteiger partial charge in [-0.05, 0) is 29.6 Å². The maximum absolute atomic E-state index is 11.2. The summed E-state index contributed by atoms with van der Waals surface area (Å²) in [5.41, 5.74) is 2.75. The average Bonchev–Trinajstić information content (AvgIpc) is 3.08. The summed E-state index contributed by atoms with van der Waals surface area (Å²) in [4.78, 5) is 12.3. The molecule has 18 heavy (non-hydrogen) atoms. The number of aromatic nitrogens is 1. The minimum Gasteiger partial charge on any atom is -0.315 e. The topological polar surface area (TPSA) is 22.0 Å². The van der Waals surface area contributed by atoms with Gasteiger partial charge in [-0.3, -0.25) is 4.79 Å². The Morgan fingerprint density at radius 2 is 1.83 bits per heavy atom. The molecule has 0 N–H and O–H groups in total. The fourth-order valence-electron chi connectivity index (χ4n) is 2.02. The van der Waals surface area contributed by atoms with Gasteiger partial charge in [0.1, 0.15) is 0 Å². The summed E-state index contributed by atoms with van der Waals surface area (Å²) >= 11 is 1.64. The number of hydrogen-bond acceptors (Lipinski definition) is 2. The largest absolute Gasteiger partial charge is 0.315 e. The molecular formula is C15H11NOS. The highest BCUT2D eigenvalue weighted by atomic mass is 32.1. The maximum atomic E-state index is 11.2. The smallest absolute Gasteiger partial charge is 0.152 e. The Labute approximate surface area is 109 Å². The van der Waals surface area contributed by atoms with Crippen LogP contribution in [0.25, 0.3) is 16.3 Å². The molecule has 0 aliphatic carbocycles. The van der Waals surface area contributed by atoms with Crippen LogP contribution in [0.5, 0.6) is 0 Å². The van der Waals surface area contributed by atoms with Crippen molar-refractivity contribution in [3.63, 3.8) is 0 Å². The van der Waals surface area contributed by atoms with Crippen molar-refractivity contribution in [1.29, 1.82) is 0 Å². The first-order valence-corrected chi connectivity index (χ1v) is 6.54. The van der Waals surface area contributed by atoms with E-state index in [0.717, 1.165) is 28.1 Å². The van der Waals surface area contributed by atoms with E-state index in [0.29, 0.717) is 0 Å². The van der Waals surface area contributed by atoms with Gasteiger partial charge in [0, 0.05) is 17.4 Å². The Morgan fingerprint density at radius 3 is 2.50 bits per heavy atom. The first-order valence-electron chi connectivity index (χ1n) is 5.66. The third-order valence-electron chi connectivity index (χ3n) is 2.83. The van der Waals surface area contributed by atoms with Crippen LogP contribution in [0.15, 0.2) is 60.1 Å². The van der Waals surface area contributed by atoms with Gasteiger partial charge in [-0.2, -0.15) is 0 Å². The Bertz CT molecular complexity index is 653. The van der Waals surface area contributed by atoms with Crippen LogP contribution in [-0.4, -0.2) is 10.9 Å². The zero-order valence-electron chi connectivity index (χ0n) is 9.61. The quantitative estimate of drug-likeness (QED) is 0.646. The molecule has 2 heterocycles. The summed E-state index contributed by atoms with van der Waals surface area (Å²) in [5, 5.41) is 2.02. The highest BCUT2D eigenvalue weighted by molar-refractivity contribution is 7.13. The number of hydrogen-bond donors (Lipinski definition) is 0. The molecule has 0 saturated heterocycles. The Kier molecular flexibility index (Phi) is 2.82. The minimum absolute atomic E-state index is 0.723. The second-order valence-electron chi connectivity index (χ2n) is 3.92. The predicted octanol–water partition coefficient (Wildman–Crippen LogP) is 4.02. The van der Waals surface area contributed by atoms with Gasteiger partial charge < -0.3 is 4.57 Å². The van der Waals surface area contributed by atoms with Crippen LogP contribution in [0, 0.1) is 0 Å². The third kappa shape index (κ3) is 1.79. The number of para-hydroxylation sites is 1. The number of carbonyl (C=O) groups is 1. The molecule has 0 saturated carbocycles. The molecule has 0 aliphatic heterocycles. The minimum atomic E-state index is 0.723. The van der Waals surface area contributed by atoms with E-state index in [4.69, 9.17) is 0 Å². The van der Waals surface area contributed by atoms with E-state index in [1.807, 2.05) is 60.1 Å². The fourth-order valence-corrected chi connectivity index (χ4v) is 2.81. The number of aldehydes is 1. The Balaban J connectivity index is 2.23. The van der Waals surface area contributed by atoms with Gasteiger partial charge in [-0.25, -0.2) is 0 Å². The lowest BCUT2D eigenvalue weighted by molar-refractivity contribution is 0.112. The number of rotatable bonds is 3.